The standard InChI is InChI=1S/C20H25BrF2N2O2/c1-4-5-16-8-15(17(10-22)20(23)27)6-7-18(16)24-11-14(3)25(12-13(24)2)19(26)9-21/h4-8,13-14,27H,9-12H2,1-3H3/b5-4-,20-17?/t13-,14?/m1/s1. The summed E-state index contributed by atoms with van der Waals surface area (Å²) in [5.74, 6) is 0.0640. The number of alkyl halides is 2. The fraction of sp³-hybridized carbons (Fsp3) is 0.450. The van der Waals surface area contributed by atoms with Gasteiger partial charge in [0, 0.05) is 30.9 Å². The molecule has 1 heterocycles. The lowest BCUT2D eigenvalue weighted by molar-refractivity contribution is -0.131. The first kappa shape index (κ1) is 21.4. The number of piperazine rings is 1. The molecule has 148 valence electrons. The van der Waals surface area contributed by atoms with Crippen molar-refractivity contribution in [2.75, 3.05) is 30.0 Å². The average Bonchev–Trinajstić information content (AvgIpc) is 2.63. The number of hydrogen-bond donors (Lipinski definition) is 1. The molecular weight excluding hydrogens is 418 g/mol. The molecule has 1 aromatic rings. The molecule has 1 N–H and O–H groups in total. The molecule has 1 fully saturated rings. The van der Waals surface area contributed by atoms with Gasteiger partial charge >= 0.3 is 0 Å². The van der Waals surface area contributed by atoms with Crippen molar-refractivity contribution < 1.29 is 18.7 Å². The van der Waals surface area contributed by atoms with Gasteiger partial charge in [-0.25, -0.2) is 4.39 Å². The van der Waals surface area contributed by atoms with Gasteiger partial charge < -0.3 is 14.9 Å². The summed E-state index contributed by atoms with van der Waals surface area (Å²) in [7, 11) is 0. The summed E-state index contributed by atoms with van der Waals surface area (Å²) in [5.41, 5.74) is 1.69. The number of aliphatic hydroxyl groups excluding tert-OH is 1. The van der Waals surface area contributed by atoms with Crippen molar-refractivity contribution in [1.82, 2.24) is 4.90 Å². The van der Waals surface area contributed by atoms with E-state index in [9.17, 15) is 13.6 Å². The first-order valence-corrected chi connectivity index (χ1v) is 9.98. The molecule has 1 aliphatic heterocycles. The van der Waals surface area contributed by atoms with E-state index in [0.29, 0.717) is 24.0 Å². The van der Waals surface area contributed by atoms with E-state index in [-0.39, 0.29) is 23.6 Å². The van der Waals surface area contributed by atoms with Gasteiger partial charge in [0.2, 0.25) is 5.91 Å². The molecule has 0 spiro atoms. The lowest BCUT2D eigenvalue weighted by Gasteiger charge is -2.45. The number of aliphatic hydroxyl groups is 1. The van der Waals surface area contributed by atoms with Crippen LogP contribution in [-0.2, 0) is 4.79 Å². The van der Waals surface area contributed by atoms with Crippen LogP contribution in [0, 0.1) is 0 Å². The maximum Gasteiger partial charge on any atom is 0.276 e. The monoisotopic (exact) mass is 442 g/mol. The van der Waals surface area contributed by atoms with E-state index in [1.54, 1.807) is 12.1 Å². The number of anilines is 1. The number of amides is 1. The number of rotatable bonds is 5. The summed E-state index contributed by atoms with van der Waals surface area (Å²) in [6.07, 6.45) is 3.73. The minimum atomic E-state index is -1.50. The second kappa shape index (κ2) is 9.35. The van der Waals surface area contributed by atoms with Crippen LogP contribution in [0.2, 0.25) is 0 Å². The minimum Gasteiger partial charge on any atom is -0.486 e. The molecule has 1 amide bonds. The molecule has 0 aliphatic carbocycles. The Labute approximate surface area is 167 Å². The fourth-order valence-electron chi connectivity index (χ4n) is 3.45. The van der Waals surface area contributed by atoms with Gasteiger partial charge in [-0.05, 0) is 44.0 Å². The second-order valence-corrected chi connectivity index (χ2v) is 7.27. The number of nitrogens with zero attached hydrogens (tertiary/aromatic N) is 2. The first-order chi connectivity index (χ1) is 12.8. The zero-order valence-corrected chi connectivity index (χ0v) is 17.3. The molecule has 0 saturated carbocycles. The molecule has 1 saturated heterocycles. The van der Waals surface area contributed by atoms with Crippen LogP contribution in [0.5, 0.6) is 0 Å². The highest BCUT2D eigenvalue weighted by molar-refractivity contribution is 9.09. The van der Waals surface area contributed by atoms with E-state index in [2.05, 4.69) is 20.8 Å². The van der Waals surface area contributed by atoms with Crippen LogP contribution in [0.4, 0.5) is 14.5 Å². The average molecular weight is 443 g/mol. The Kier molecular flexibility index (Phi) is 7.41. The van der Waals surface area contributed by atoms with Gasteiger partial charge in [-0.1, -0.05) is 34.1 Å². The first-order valence-electron chi connectivity index (χ1n) is 8.86. The van der Waals surface area contributed by atoms with E-state index in [4.69, 9.17) is 5.11 Å². The molecule has 0 bridgehead atoms. The molecule has 1 aliphatic rings. The summed E-state index contributed by atoms with van der Waals surface area (Å²) in [6.45, 7) is 6.10. The van der Waals surface area contributed by atoms with Crippen LogP contribution in [0.1, 0.15) is 31.9 Å². The molecule has 0 aromatic heterocycles. The number of carbonyl (C=O) groups excluding carboxylic acids is 1. The highest BCUT2D eigenvalue weighted by atomic mass is 79.9. The van der Waals surface area contributed by atoms with Crippen LogP contribution >= 0.6 is 15.9 Å². The molecular formula is C20H25BrF2N2O2. The normalized spacial score (nSPS) is 21.6. The number of carbonyl (C=O) groups is 1. The van der Waals surface area contributed by atoms with Crippen molar-refractivity contribution >= 4 is 39.2 Å². The van der Waals surface area contributed by atoms with Gasteiger partial charge in [0.25, 0.3) is 6.01 Å². The van der Waals surface area contributed by atoms with Gasteiger partial charge in [-0.2, -0.15) is 4.39 Å². The molecule has 2 rings (SSSR count). The van der Waals surface area contributed by atoms with Crippen molar-refractivity contribution in [2.45, 2.75) is 32.9 Å². The number of hydrogen-bond acceptors (Lipinski definition) is 3. The van der Waals surface area contributed by atoms with Crippen molar-refractivity contribution in [3.05, 3.63) is 41.4 Å². The van der Waals surface area contributed by atoms with Crippen LogP contribution in [-0.4, -0.2) is 53.1 Å². The molecule has 0 radical (unpaired) electrons. The molecule has 7 heteroatoms. The highest BCUT2D eigenvalue weighted by Crippen LogP contribution is 2.31. The second-order valence-electron chi connectivity index (χ2n) is 6.71. The van der Waals surface area contributed by atoms with Crippen LogP contribution in [0.15, 0.2) is 30.3 Å². The van der Waals surface area contributed by atoms with Crippen molar-refractivity contribution in [2.24, 2.45) is 0 Å². The Hall–Kier alpha value is -1.89. The molecule has 4 nitrogen and oxygen atoms in total. The Bertz CT molecular complexity index is 747. The van der Waals surface area contributed by atoms with Crippen molar-refractivity contribution in [3.63, 3.8) is 0 Å². The largest absolute Gasteiger partial charge is 0.486 e. The van der Waals surface area contributed by atoms with E-state index in [0.717, 1.165) is 11.3 Å². The SMILES string of the molecule is C/C=C\c1cc(C(CF)=C(O)F)ccc1N1CC(C)N(C(=O)CBr)C[C@H]1C. The number of allylic oxidation sites excluding steroid dienone is 2. The Morgan fingerprint density at radius 3 is 2.59 bits per heavy atom. The predicted molar refractivity (Wildman–Crippen MR) is 110 cm³/mol. The van der Waals surface area contributed by atoms with Gasteiger partial charge in [-0.15, -0.1) is 0 Å². The number of benzene rings is 1. The molecule has 1 aromatic carbocycles. The maximum atomic E-state index is 13.2. The van der Waals surface area contributed by atoms with Gasteiger partial charge in [-0.3, -0.25) is 4.79 Å². The van der Waals surface area contributed by atoms with E-state index in [1.807, 2.05) is 43.9 Å². The summed E-state index contributed by atoms with van der Waals surface area (Å²) in [6, 6.07) is 3.73. The van der Waals surface area contributed by atoms with E-state index >= 15 is 0 Å². The third-order valence-electron chi connectivity index (χ3n) is 4.83. The van der Waals surface area contributed by atoms with Crippen molar-refractivity contribution in [3.8, 4) is 0 Å². The predicted octanol–water partition coefficient (Wildman–Crippen LogP) is 4.71. The Morgan fingerprint density at radius 1 is 1.33 bits per heavy atom. The molecule has 27 heavy (non-hydrogen) atoms. The quantitative estimate of drug-likeness (QED) is 0.530. The molecule has 1 unspecified atom stereocenters. The van der Waals surface area contributed by atoms with Crippen LogP contribution in [0.25, 0.3) is 11.6 Å². The summed E-state index contributed by atoms with van der Waals surface area (Å²) in [5, 5.41) is 9.39. The van der Waals surface area contributed by atoms with Gasteiger partial charge in [0.1, 0.15) is 6.67 Å². The number of halogens is 3. The zero-order chi connectivity index (χ0) is 20.1. The Morgan fingerprint density at radius 2 is 2.04 bits per heavy atom. The van der Waals surface area contributed by atoms with Crippen molar-refractivity contribution in [1.29, 1.82) is 0 Å². The van der Waals surface area contributed by atoms with E-state index in [1.165, 1.54) is 0 Å². The topological polar surface area (TPSA) is 43.8 Å². The smallest absolute Gasteiger partial charge is 0.276 e. The zero-order valence-electron chi connectivity index (χ0n) is 15.8. The summed E-state index contributed by atoms with van der Waals surface area (Å²) in [4.78, 5) is 16.2. The lowest BCUT2D eigenvalue weighted by atomic mass is 9.99. The van der Waals surface area contributed by atoms with Crippen LogP contribution in [0.3, 0.4) is 0 Å². The third kappa shape index (κ3) is 4.69. The van der Waals surface area contributed by atoms with Crippen LogP contribution < -0.4 is 4.90 Å². The maximum absolute atomic E-state index is 13.2. The fourth-order valence-corrected chi connectivity index (χ4v) is 3.78. The summed E-state index contributed by atoms with van der Waals surface area (Å²) < 4.78 is 26.3. The van der Waals surface area contributed by atoms with E-state index < -0.39 is 12.7 Å². The highest BCUT2D eigenvalue weighted by Gasteiger charge is 2.32. The molecule has 2 atom stereocenters. The third-order valence-corrected chi connectivity index (χ3v) is 5.31. The minimum absolute atomic E-state index is 0.0422. The summed E-state index contributed by atoms with van der Waals surface area (Å²) >= 11 is 3.23. The lowest BCUT2D eigenvalue weighted by Crippen LogP contribution is -2.58. The Balaban J connectivity index is 2.41. The van der Waals surface area contributed by atoms with Gasteiger partial charge in [0.15, 0.2) is 0 Å². The van der Waals surface area contributed by atoms with Gasteiger partial charge in [0.05, 0.1) is 10.9 Å².